The molecule has 2 aromatic carbocycles. The Morgan fingerprint density at radius 2 is 2.07 bits per heavy atom. The average molecular weight is 427 g/mol. The van der Waals surface area contributed by atoms with Crippen LogP contribution in [0.25, 0.3) is 11.1 Å². The first-order chi connectivity index (χ1) is 14.5. The number of halogens is 1. The van der Waals surface area contributed by atoms with Gasteiger partial charge in [0.05, 0.1) is 32.5 Å². The lowest BCUT2D eigenvalue weighted by Crippen LogP contribution is -2.23. The van der Waals surface area contributed by atoms with Gasteiger partial charge < -0.3 is 20.1 Å². The van der Waals surface area contributed by atoms with Crippen LogP contribution in [0.4, 0.5) is 11.5 Å². The second-order valence-electron chi connectivity index (χ2n) is 6.69. The van der Waals surface area contributed by atoms with E-state index in [0.29, 0.717) is 28.0 Å². The number of benzene rings is 2. The number of methoxy groups -OCH3 is 2. The molecule has 3 aromatic rings. The Morgan fingerprint density at radius 1 is 1.23 bits per heavy atom. The van der Waals surface area contributed by atoms with Crippen LogP contribution in [0.2, 0.25) is 5.02 Å². The Kier molecular flexibility index (Phi) is 5.33. The summed E-state index contributed by atoms with van der Waals surface area (Å²) in [6.07, 6.45) is 1.57. The van der Waals surface area contributed by atoms with Crippen LogP contribution < -0.4 is 20.1 Å². The van der Waals surface area contributed by atoms with Gasteiger partial charge in [-0.1, -0.05) is 23.7 Å². The smallest absolute Gasteiger partial charge is 0.251 e. The third-order valence-corrected chi connectivity index (χ3v) is 5.07. The van der Waals surface area contributed by atoms with E-state index >= 15 is 0 Å². The van der Waals surface area contributed by atoms with Crippen LogP contribution in [0.5, 0.6) is 11.5 Å². The van der Waals surface area contributed by atoms with Crippen molar-refractivity contribution in [2.24, 2.45) is 0 Å². The van der Waals surface area contributed by atoms with E-state index in [1.54, 1.807) is 43.6 Å². The maximum atomic E-state index is 12.6. The predicted molar refractivity (Wildman–Crippen MR) is 113 cm³/mol. The Balaban J connectivity index is 1.53. The topological polar surface area (TPSA) is 94.5 Å². The number of aromatic nitrogens is 2. The third-order valence-electron chi connectivity index (χ3n) is 4.83. The maximum Gasteiger partial charge on any atom is 0.251 e. The van der Waals surface area contributed by atoms with Crippen molar-refractivity contribution in [2.75, 3.05) is 24.9 Å². The zero-order valence-electron chi connectivity index (χ0n) is 16.3. The lowest BCUT2D eigenvalue weighted by molar-refractivity contribution is -0.123. The van der Waals surface area contributed by atoms with Crippen LogP contribution in [0.3, 0.4) is 0 Å². The van der Waals surface area contributed by atoms with Crippen molar-refractivity contribution in [3.8, 4) is 22.6 Å². The number of amides is 2. The van der Waals surface area contributed by atoms with Gasteiger partial charge in [-0.25, -0.2) is 4.68 Å². The number of rotatable bonds is 6. The molecule has 1 unspecified atom stereocenters. The van der Waals surface area contributed by atoms with Gasteiger partial charge in [0.25, 0.3) is 5.91 Å². The summed E-state index contributed by atoms with van der Waals surface area (Å²) in [6, 6.07) is 11.6. The number of carbonyl (C=O) groups is 2. The summed E-state index contributed by atoms with van der Waals surface area (Å²) in [6.45, 7) is 0. The predicted octanol–water partition coefficient (Wildman–Crippen LogP) is 3.74. The largest absolute Gasteiger partial charge is 0.497 e. The SMILES string of the molecule is COc1ccc(NC(=O)CC2C(=O)Nc3c(-c4cccc(Cl)c4)cnn32)c(OC)c1. The Hall–Kier alpha value is -3.52. The summed E-state index contributed by atoms with van der Waals surface area (Å²) in [5.41, 5.74) is 2.06. The number of hydrogen-bond acceptors (Lipinski definition) is 5. The highest BCUT2D eigenvalue weighted by atomic mass is 35.5. The molecular weight excluding hydrogens is 408 g/mol. The van der Waals surface area contributed by atoms with Gasteiger partial charge in [-0.2, -0.15) is 5.10 Å². The van der Waals surface area contributed by atoms with Crippen molar-refractivity contribution in [3.05, 3.63) is 53.7 Å². The summed E-state index contributed by atoms with van der Waals surface area (Å²) in [5.74, 6) is 0.975. The number of carbonyl (C=O) groups excluding carboxylic acids is 2. The van der Waals surface area contributed by atoms with Crippen molar-refractivity contribution >= 4 is 34.9 Å². The van der Waals surface area contributed by atoms with E-state index < -0.39 is 6.04 Å². The molecule has 30 heavy (non-hydrogen) atoms. The normalized spacial score (nSPS) is 14.8. The van der Waals surface area contributed by atoms with Gasteiger partial charge >= 0.3 is 0 Å². The number of fused-ring (bicyclic) bond motifs is 1. The number of ether oxygens (including phenoxy) is 2. The van der Waals surface area contributed by atoms with Crippen LogP contribution in [0.1, 0.15) is 12.5 Å². The average Bonchev–Trinajstić information content (AvgIpc) is 3.27. The molecular formula is C21H19ClN4O4. The number of nitrogens with one attached hydrogen (secondary N) is 2. The van der Waals surface area contributed by atoms with Crippen LogP contribution in [-0.2, 0) is 9.59 Å². The molecule has 2 heterocycles. The molecule has 8 nitrogen and oxygen atoms in total. The lowest BCUT2D eigenvalue weighted by Gasteiger charge is -2.13. The maximum absolute atomic E-state index is 12.6. The molecule has 0 saturated heterocycles. The molecule has 2 N–H and O–H groups in total. The molecule has 0 fully saturated rings. The first-order valence-electron chi connectivity index (χ1n) is 9.16. The molecule has 1 atom stereocenters. The highest BCUT2D eigenvalue weighted by Crippen LogP contribution is 2.37. The summed E-state index contributed by atoms with van der Waals surface area (Å²) < 4.78 is 12.0. The van der Waals surface area contributed by atoms with Gasteiger partial charge in [-0.15, -0.1) is 0 Å². The molecule has 0 spiro atoms. The minimum Gasteiger partial charge on any atom is -0.497 e. The second kappa shape index (κ2) is 8.08. The molecule has 4 rings (SSSR count). The quantitative estimate of drug-likeness (QED) is 0.626. The summed E-state index contributed by atoms with van der Waals surface area (Å²) in [7, 11) is 3.05. The highest BCUT2D eigenvalue weighted by molar-refractivity contribution is 6.30. The van der Waals surface area contributed by atoms with Crippen LogP contribution in [0, 0.1) is 0 Å². The molecule has 0 bridgehead atoms. The van der Waals surface area contributed by atoms with Gasteiger partial charge in [0.1, 0.15) is 23.4 Å². The van der Waals surface area contributed by atoms with Crippen molar-refractivity contribution in [1.82, 2.24) is 9.78 Å². The summed E-state index contributed by atoms with van der Waals surface area (Å²) in [5, 5.41) is 10.5. The minimum atomic E-state index is -0.753. The van der Waals surface area contributed by atoms with Crippen molar-refractivity contribution in [3.63, 3.8) is 0 Å². The van der Waals surface area contributed by atoms with E-state index in [1.165, 1.54) is 11.8 Å². The summed E-state index contributed by atoms with van der Waals surface area (Å²) >= 11 is 6.07. The van der Waals surface area contributed by atoms with Crippen molar-refractivity contribution in [2.45, 2.75) is 12.5 Å². The van der Waals surface area contributed by atoms with E-state index in [2.05, 4.69) is 15.7 Å². The van der Waals surface area contributed by atoms with E-state index in [9.17, 15) is 9.59 Å². The van der Waals surface area contributed by atoms with Crippen LogP contribution in [0.15, 0.2) is 48.7 Å². The van der Waals surface area contributed by atoms with Crippen LogP contribution in [-0.4, -0.2) is 35.8 Å². The van der Waals surface area contributed by atoms with Gasteiger partial charge in [-0.3, -0.25) is 9.59 Å². The van der Waals surface area contributed by atoms with Crippen molar-refractivity contribution < 1.29 is 19.1 Å². The molecule has 1 aromatic heterocycles. The Bertz CT molecular complexity index is 1130. The fourth-order valence-electron chi connectivity index (χ4n) is 3.36. The molecule has 9 heteroatoms. The van der Waals surface area contributed by atoms with Gasteiger partial charge in [-0.05, 0) is 29.8 Å². The van der Waals surface area contributed by atoms with Crippen LogP contribution >= 0.6 is 11.6 Å². The van der Waals surface area contributed by atoms with E-state index in [-0.39, 0.29) is 18.2 Å². The fourth-order valence-corrected chi connectivity index (χ4v) is 3.55. The highest BCUT2D eigenvalue weighted by Gasteiger charge is 2.35. The fraction of sp³-hybridized carbons (Fsp3) is 0.190. The Labute approximate surface area is 177 Å². The summed E-state index contributed by atoms with van der Waals surface area (Å²) in [4.78, 5) is 25.1. The van der Waals surface area contributed by atoms with Gasteiger partial charge in [0, 0.05) is 16.7 Å². The molecule has 1 aliphatic heterocycles. The van der Waals surface area contributed by atoms with Gasteiger partial charge in [0.2, 0.25) is 5.91 Å². The zero-order chi connectivity index (χ0) is 21.3. The monoisotopic (exact) mass is 426 g/mol. The lowest BCUT2D eigenvalue weighted by atomic mass is 10.1. The second-order valence-corrected chi connectivity index (χ2v) is 7.12. The first kappa shape index (κ1) is 19.8. The molecule has 154 valence electrons. The zero-order valence-corrected chi connectivity index (χ0v) is 17.1. The van der Waals surface area contributed by atoms with E-state index in [1.807, 2.05) is 12.1 Å². The van der Waals surface area contributed by atoms with E-state index in [4.69, 9.17) is 21.1 Å². The Morgan fingerprint density at radius 3 is 2.80 bits per heavy atom. The van der Waals surface area contributed by atoms with E-state index in [0.717, 1.165) is 11.1 Å². The molecule has 1 aliphatic rings. The first-order valence-corrected chi connectivity index (χ1v) is 9.54. The number of hydrogen-bond donors (Lipinski definition) is 2. The molecule has 0 aliphatic carbocycles. The molecule has 0 saturated carbocycles. The van der Waals surface area contributed by atoms with Crippen molar-refractivity contribution in [1.29, 1.82) is 0 Å². The molecule has 0 radical (unpaired) electrons. The van der Waals surface area contributed by atoms with Gasteiger partial charge in [0.15, 0.2) is 0 Å². The number of nitrogens with zero attached hydrogens (tertiary/aromatic N) is 2. The minimum absolute atomic E-state index is 0.0787. The third kappa shape index (κ3) is 3.69. The standard InChI is InChI=1S/C21H19ClN4O4/c1-29-14-6-7-16(18(9-14)30-2)24-19(27)10-17-21(28)25-20-15(11-23-26(17)20)12-4-3-5-13(22)8-12/h3-9,11,17H,10H2,1-2H3,(H,24,27)(H,25,28). The number of anilines is 2. The molecule has 2 amide bonds.